The van der Waals surface area contributed by atoms with E-state index in [4.69, 9.17) is 10.4 Å². The van der Waals surface area contributed by atoms with Crippen molar-refractivity contribution >= 4 is 28.8 Å². The zero-order chi connectivity index (χ0) is 15.2. The molecule has 6 heteroatoms. The van der Waals surface area contributed by atoms with Crippen LogP contribution in [0.5, 0.6) is 0 Å². The van der Waals surface area contributed by atoms with Crippen molar-refractivity contribution in [2.24, 2.45) is 0 Å². The van der Waals surface area contributed by atoms with E-state index in [-0.39, 0.29) is 5.75 Å². The van der Waals surface area contributed by atoms with Gasteiger partial charge in [-0.25, -0.2) is 4.98 Å². The number of rotatable bonds is 6. The first kappa shape index (κ1) is 15.1. The van der Waals surface area contributed by atoms with E-state index in [1.807, 2.05) is 23.6 Å². The molecule has 0 aliphatic heterocycles. The Hall–Kier alpha value is -2.26. The van der Waals surface area contributed by atoms with Gasteiger partial charge in [0, 0.05) is 6.54 Å². The maximum Gasteiger partial charge on any atom is 0.313 e. The molecule has 0 spiro atoms. The standard InChI is InChI=1S/C15H15N3O2S/c1-2-3-4-7-18-13-8-11(9-16)5-6-12(13)17-15(18)21-10-14(19)20/h2-3,5-6,8H,4,7,10H2,1H3,(H,19,20)/b3-2+. The SMILES string of the molecule is C/C=C/CCn1c(SCC(=O)O)nc2ccc(C#N)cc21. The molecule has 2 aromatic rings. The van der Waals surface area contributed by atoms with Gasteiger partial charge in [-0.05, 0) is 31.5 Å². The highest BCUT2D eigenvalue weighted by Gasteiger charge is 2.12. The van der Waals surface area contributed by atoms with Gasteiger partial charge < -0.3 is 9.67 Å². The Morgan fingerprint density at radius 2 is 2.38 bits per heavy atom. The van der Waals surface area contributed by atoms with Crippen molar-refractivity contribution in [3.8, 4) is 6.07 Å². The molecule has 2 rings (SSSR count). The van der Waals surface area contributed by atoms with Gasteiger partial charge in [0.2, 0.25) is 0 Å². The normalized spacial score (nSPS) is 11.0. The summed E-state index contributed by atoms with van der Waals surface area (Å²) < 4.78 is 1.98. The zero-order valence-corrected chi connectivity index (χ0v) is 12.4. The number of hydrogen-bond acceptors (Lipinski definition) is 4. The minimum Gasteiger partial charge on any atom is -0.481 e. The third-order valence-corrected chi connectivity index (χ3v) is 3.88. The third-order valence-electron chi connectivity index (χ3n) is 2.92. The molecule has 0 atom stereocenters. The molecule has 0 radical (unpaired) electrons. The first-order valence-corrected chi connectivity index (χ1v) is 7.50. The first-order valence-electron chi connectivity index (χ1n) is 6.52. The number of imidazole rings is 1. The quantitative estimate of drug-likeness (QED) is 0.655. The van der Waals surface area contributed by atoms with E-state index in [9.17, 15) is 4.79 Å². The Kier molecular flexibility index (Phi) is 5.01. The molecule has 21 heavy (non-hydrogen) atoms. The average Bonchev–Trinajstić information content (AvgIpc) is 2.82. The Labute approximate surface area is 126 Å². The summed E-state index contributed by atoms with van der Waals surface area (Å²) >= 11 is 1.20. The van der Waals surface area contributed by atoms with Crippen LogP contribution < -0.4 is 0 Å². The van der Waals surface area contributed by atoms with Crippen LogP contribution in [0.1, 0.15) is 18.9 Å². The topological polar surface area (TPSA) is 78.9 Å². The maximum atomic E-state index is 10.7. The van der Waals surface area contributed by atoms with Crippen LogP contribution in [0.4, 0.5) is 0 Å². The smallest absolute Gasteiger partial charge is 0.313 e. The number of carboxylic acids is 1. The van der Waals surface area contributed by atoms with Gasteiger partial charge >= 0.3 is 5.97 Å². The Balaban J connectivity index is 2.42. The second kappa shape index (κ2) is 6.95. The molecule has 1 N–H and O–H groups in total. The van der Waals surface area contributed by atoms with Crippen molar-refractivity contribution in [1.82, 2.24) is 9.55 Å². The Bertz CT molecular complexity index is 728. The molecule has 0 unspecified atom stereocenters. The highest BCUT2D eigenvalue weighted by atomic mass is 32.2. The summed E-state index contributed by atoms with van der Waals surface area (Å²) in [4.78, 5) is 15.2. The number of nitrogens with zero attached hydrogens (tertiary/aromatic N) is 3. The molecule has 0 aliphatic carbocycles. The lowest BCUT2D eigenvalue weighted by atomic mass is 10.2. The molecule has 1 aromatic carbocycles. The summed E-state index contributed by atoms with van der Waals surface area (Å²) in [5, 5.41) is 18.5. The van der Waals surface area contributed by atoms with E-state index < -0.39 is 5.97 Å². The number of carbonyl (C=O) groups is 1. The second-order valence-corrected chi connectivity index (χ2v) is 5.34. The van der Waals surface area contributed by atoms with Crippen molar-refractivity contribution in [3.63, 3.8) is 0 Å². The van der Waals surface area contributed by atoms with Crippen LogP contribution in [0.25, 0.3) is 11.0 Å². The molecular weight excluding hydrogens is 286 g/mol. The summed E-state index contributed by atoms with van der Waals surface area (Å²) in [5.41, 5.74) is 2.22. The maximum absolute atomic E-state index is 10.7. The van der Waals surface area contributed by atoms with E-state index in [1.54, 1.807) is 18.2 Å². The van der Waals surface area contributed by atoms with Crippen LogP contribution >= 0.6 is 11.8 Å². The summed E-state index contributed by atoms with van der Waals surface area (Å²) in [7, 11) is 0. The van der Waals surface area contributed by atoms with Gasteiger partial charge in [0.25, 0.3) is 0 Å². The van der Waals surface area contributed by atoms with E-state index in [0.29, 0.717) is 17.3 Å². The summed E-state index contributed by atoms with van der Waals surface area (Å²) in [6.07, 6.45) is 4.86. The Morgan fingerprint density at radius 3 is 3.05 bits per heavy atom. The number of benzene rings is 1. The monoisotopic (exact) mass is 301 g/mol. The van der Waals surface area contributed by atoms with Gasteiger partial charge in [-0.3, -0.25) is 4.79 Å². The average molecular weight is 301 g/mol. The van der Waals surface area contributed by atoms with Crippen LogP contribution in [0.3, 0.4) is 0 Å². The van der Waals surface area contributed by atoms with Gasteiger partial charge in [-0.15, -0.1) is 0 Å². The Morgan fingerprint density at radius 1 is 1.57 bits per heavy atom. The van der Waals surface area contributed by atoms with Crippen LogP contribution in [-0.4, -0.2) is 26.4 Å². The van der Waals surface area contributed by atoms with Crippen LogP contribution in [0.2, 0.25) is 0 Å². The van der Waals surface area contributed by atoms with Gasteiger partial charge in [-0.2, -0.15) is 5.26 Å². The van der Waals surface area contributed by atoms with Gasteiger partial charge in [0.15, 0.2) is 5.16 Å². The number of nitriles is 1. The van der Waals surface area contributed by atoms with E-state index >= 15 is 0 Å². The highest BCUT2D eigenvalue weighted by Crippen LogP contribution is 2.25. The summed E-state index contributed by atoms with van der Waals surface area (Å²) in [5.74, 6) is -0.900. The molecule has 0 aliphatic rings. The number of hydrogen-bond donors (Lipinski definition) is 1. The first-order chi connectivity index (χ1) is 10.2. The molecule has 0 fully saturated rings. The molecule has 5 nitrogen and oxygen atoms in total. The minimum atomic E-state index is -0.871. The number of aromatic nitrogens is 2. The molecule has 0 bridgehead atoms. The van der Waals surface area contributed by atoms with E-state index in [2.05, 4.69) is 11.1 Å². The fourth-order valence-corrected chi connectivity index (χ4v) is 2.75. The zero-order valence-electron chi connectivity index (χ0n) is 11.6. The van der Waals surface area contributed by atoms with Crippen LogP contribution in [-0.2, 0) is 11.3 Å². The third kappa shape index (κ3) is 3.64. The van der Waals surface area contributed by atoms with Crippen molar-refractivity contribution < 1.29 is 9.90 Å². The highest BCUT2D eigenvalue weighted by molar-refractivity contribution is 7.99. The van der Waals surface area contributed by atoms with Crippen molar-refractivity contribution in [3.05, 3.63) is 35.9 Å². The fourth-order valence-electron chi connectivity index (χ4n) is 1.99. The van der Waals surface area contributed by atoms with Crippen LogP contribution in [0, 0.1) is 11.3 Å². The van der Waals surface area contributed by atoms with Crippen LogP contribution in [0.15, 0.2) is 35.5 Å². The molecule has 0 saturated heterocycles. The minimum absolute atomic E-state index is 0.0297. The number of carboxylic acid groups (broad SMARTS) is 1. The number of fused-ring (bicyclic) bond motifs is 1. The molecule has 1 heterocycles. The molecular formula is C15H15N3O2S. The van der Waals surface area contributed by atoms with E-state index in [1.165, 1.54) is 11.8 Å². The van der Waals surface area contributed by atoms with Crippen molar-refractivity contribution in [2.75, 3.05) is 5.75 Å². The predicted molar refractivity (Wildman–Crippen MR) is 82.2 cm³/mol. The number of aliphatic carboxylic acids is 1. The molecule has 0 saturated carbocycles. The largest absolute Gasteiger partial charge is 0.481 e. The fraction of sp³-hybridized carbons (Fsp3) is 0.267. The molecule has 1 aromatic heterocycles. The van der Waals surface area contributed by atoms with Crippen molar-refractivity contribution in [2.45, 2.75) is 25.0 Å². The number of thioether (sulfide) groups is 1. The van der Waals surface area contributed by atoms with Gasteiger partial charge in [-0.1, -0.05) is 23.9 Å². The summed E-state index contributed by atoms with van der Waals surface area (Å²) in [6, 6.07) is 7.43. The number of allylic oxidation sites excluding steroid dienone is 2. The predicted octanol–water partition coefficient (Wildman–Crippen LogP) is 3.05. The number of aryl methyl sites for hydroxylation is 1. The lowest BCUT2D eigenvalue weighted by molar-refractivity contribution is -0.133. The lowest BCUT2D eigenvalue weighted by Crippen LogP contribution is -2.03. The second-order valence-electron chi connectivity index (χ2n) is 4.40. The van der Waals surface area contributed by atoms with Crippen molar-refractivity contribution in [1.29, 1.82) is 5.26 Å². The van der Waals surface area contributed by atoms with Gasteiger partial charge in [0.05, 0.1) is 28.4 Å². The molecule has 108 valence electrons. The molecule has 0 amide bonds. The van der Waals surface area contributed by atoms with E-state index in [0.717, 1.165) is 17.5 Å². The lowest BCUT2D eigenvalue weighted by Gasteiger charge is -2.06. The summed E-state index contributed by atoms with van der Waals surface area (Å²) in [6.45, 7) is 2.66. The van der Waals surface area contributed by atoms with Gasteiger partial charge in [0.1, 0.15) is 0 Å².